The molecule has 0 aromatic heterocycles. The van der Waals surface area contributed by atoms with Gasteiger partial charge in [0.2, 0.25) is 0 Å². The number of hydrogen-bond acceptors (Lipinski definition) is 1. The quantitative estimate of drug-likeness (QED) is 0.672. The summed E-state index contributed by atoms with van der Waals surface area (Å²) in [4.78, 5) is 0. The molecule has 1 atom stereocenters. The highest BCUT2D eigenvalue weighted by atomic mass is 16.3. The van der Waals surface area contributed by atoms with Crippen LogP contribution in [0, 0.1) is 11.8 Å². The first-order valence-corrected chi connectivity index (χ1v) is 5.36. The van der Waals surface area contributed by atoms with E-state index in [2.05, 4.69) is 13.8 Å². The highest BCUT2D eigenvalue weighted by Crippen LogP contribution is 2.31. The normalized spacial score (nSPS) is 21.0. The molecular weight excluding hydrogens is 148 g/mol. The molecule has 1 rings (SSSR count). The van der Waals surface area contributed by atoms with Crippen LogP contribution < -0.4 is 0 Å². The zero-order chi connectivity index (χ0) is 8.97. The molecule has 0 spiro atoms. The number of aliphatic hydroxyl groups is 1. The van der Waals surface area contributed by atoms with Crippen LogP contribution >= 0.6 is 0 Å². The first kappa shape index (κ1) is 10.0. The SMILES string of the molecule is CC(C)CCC(O)CC1CCC1. The summed E-state index contributed by atoms with van der Waals surface area (Å²) in [7, 11) is 0. The average molecular weight is 170 g/mol. The van der Waals surface area contributed by atoms with Crippen molar-refractivity contribution >= 4 is 0 Å². The lowest BCUT2D eigenvalue weighted by molar-refractivity contribution is 0.105. The Kier molecular flexibility index (Phi) is 4.07. The highest BCUT2D eigenvalue weighted by molar-refractivity contribution is 4.73. The Hall–Kier alpha value is -0.0400. The van der Waals surface area contributed by atoms with Gasteiger partial charge in [0.05, 0.1) is 6.10 Å². The maximum Gasteiger partial charge on any atom is 0.0543 e. The molecule has 1 unspecified atom stereocenters. The van der Waals surface area contributed by atoms with Gasteiger partial charge < -0.3 is 5.11 Å². The zero-order valence-electron chi connectivity index (χ0n) is 8.42. The zero-order valence-corrected chi connectivity index (χ0v) is 8.42. The third-order valence-corrected chi connectivity index (χ3v) is 2.91. The Morgan fingerprint density at radius 1 is 1.25 bits per heavy atom. The summed E-state index contributed by atoms with van der Waals surface area (Å²) in [6.45, 7) is 4.44. The molecule has 0 heterocycles. The van der Waals surface area contributed by atoms with Gasteiger partial charge in [-0.2, -0.15) is 0 Å². The van der Waals surface area contributed by atoms with Crippen molar-refractivity contribution in [2.45, 2.75) is 58.5 Å². The second-order valence-electron chi connectivity index (χ2n) is 4.66. The molecule has 0 aliphatic heterocycles. The molecule has 1 fully saturated rings. The van der Waals surface area contributed by atoms with E-state index in [1.807, 2.05) is 0 Å². The predicted molar refractivity (Wildman–Crippen MR) is 52.0 cm³/mol. The number of hydrogen-bond donors (Lipinski definition) is 1. The average Bonchev–Trinajstić information content (AvgIpc) is 1.93. The molecule has 12 heavy (non-hydrogen) atoms. The summed E-state index contributed by atoms with van der Waals surface area (Å²) < 4.78 is 0. The van der Waals surface area contributed by atoms with Crippen LogP contribution in [0.2, 0.25) is 0 Å². The van der Waals surface area contributed by atoms with Crippen molar-refractivity contribution in [1.82, 2.24) is 0 Å². The molecule has 1 aliphatic rings. The van der Waals surface area contributed by atoms with Crippen LogP contribution in [-0.2, 0) is 0 Å². The van der Waals surface area contributed by atoms with Gasteiger partial charge in [-0.1, -0.05) is 33.1 Å². The highest BCUT2D eigenvalue weighted by Gasteiger charge is 2.20. The topological polar surface area (TPSA) is 20.2 Å². The minimum Gasteiger partial charge on any atom is -0.393 e. The minimum absolute atomic E-state index is 0.0160. The van der Waals surface area contributed by atoms with Crippen LogP contribution in [0.5, 0.6) is 0 Å². The fourth-order valence-electron chi connectivity index (χ4n) is 1.76. The van der Waals surface area contributed by atoms with Crippen LogP contribution in [0.3, 0.4) is 0 Å². The molecule has 1 saturated carbocycles. The number of rotatable bonds is 5. The van der Waals surface area contributed by atoms with Crippen LogP contribution in [0.25, 0.3) is 0 Å². The van der Waals surface area contributed by atoms with Crippen molar-refractivity contribution in [3.05, 3.63) is 0 Å². The lowest BCUT2D eigenvalue weighted by atomic mass is 9.80. The van der Waals surface area contributed by atoms with Crippen molar-refractivity contribution < 1.29 is 5.11 Å². The van der Waals surface area contributed by atoms with E-state index in [-0.39, 0.29) is 6.10 Å². The molecule has 0 amide bonds. The smallest absolute Gasteiger partial charge is 0.0543 e. The predicted octanol–water partition coefficient (Wildman–Crippen LogP) is 2.97. The maximum absolute atomic E-state index is 9.63. The van der Waals surface area contributed by atoms with Gasteiger partial charge in [-0.05, 0) is 31.1 Å². The van der Waals surface area contributed by atoms with Gasteiger partial charge >= 0.3 is 0 Å². The largest absolute Gasteiger partial charge is 0.393 e. The fourth-order valence-corrected chi connectivity index (χ4v) is 1.76. The Labute approximate surface area is 76.2 Å². The van der Waals surface area contributed by atoms with Crippen LogP contribution in [-0.4, -0.2) is 11.2 Å². The summed E-state index contributed by atoms with van der Waals surface area (Å²) in [5.74, 6) is 1.59. The monoisotopic (exact) mass is 170 g/mol. The fraction of sp³-hybridized carbons (Fsp3) is 1.00. The molecule has 1 N–H and O–H groups in total. The van der Waals surface area contributed by atoms with Crippen LogP contribution in [0.15, 0.2) is 0 Å². The lowest BCUT2D eigenvalue weighted by Gasteiger charge is -2.27. The van der Waals surface area contributed by atoms with Crippen molar-refractivity contribution in [2.24, 2.45) is 11.8 Å². The molecule has 0 aromatic carbocycles. The van der Waals surface area contributed by atoms with Crippen molar-refractivity contribution in [3.63, 3.8) is 0 Å². The van der Waals surface area contributed by atoms with Crippen LogP contribution in [0.4, 0.5) is 0 Å². The summed E-state index contributed by atoms with van der Waals surface area (Å²) in [6, 6.07) is 0. The molecule has 0 aromatic rings. The van der Waals surface area contributed by atoms with Gasteiger partial charge in [-0.15, -0.1) is 0 Å². The third kappa shape index (κ3) is 3.57. The van der Waals surface area contributed by atoms with E-state index in [1.165, 1.54) is 25.7 Å². The summed E-state index contributed by atoms with van der Waals surface area (Å²) >= 11 is 0. The second kappa shape index (κ2) is 4.86. The maximum atomic E-state index is 9.63. The first-order chi connectivity index (χ1) is 5.68. The minimum atomic E-state index is -0.0160. The van der Waals surface area contributed by atoms with E-state index in [4.69, 9.17) is 0 Å². The molecule has 0 saturated heterocycles. The Bertz CT molecular complexity index is 116. The van der Waals surface area contributed by atoms with Gasteiger partial charge in [-0.3, -0.25) is 0 Å². The van der Waals surface area contributed by atoms with E-state index in [9.17, 15) is 5.11 Å². The van der Waals surface area contributed by atoms with Crippen LogP contribution in [0.1, 0.15) is 52.4 Å². The summed E-state index contributed by atoms with van der Waals surface area (Å²) in [5, 5.41) is 9.63. The van der Waals surface area contributed by atoms with Crippen molar-refractivity contribution in [1.29, 1.82) is 0 Å². The van der Waals surface area contributed by atoms with E-state index < -0.39 is 0 Å². The Balaban J connectivity index is 1.98. The molecule has 1 nitrogen and oxygen atoms in total. The van der Waals surface area contributed by atoms with Gasteiger partial charge in [-0.25, -0.2) is 0 Å². The molecule has 0 bridgehead atoms. The standard InChI is InChI=1S/C11H22O/c1-9(2)6-7-11(12)8-10-4-3-5-10/h9-12H,3-8H2,1-2H3. The van der Waals surface area contributed by atoms with Gasteiger partial charge in [0.1, 0.15) is 0 Å². The second-order valence-corrected chi connectivity index (χ2v) is 4.66. The molecule has 1 heteroatoms. The van der Waals surface area contributed by atoms with E-state index in [0.717, 1.165) is 24.7 Å². The third-order valence-electron chi connectivity index (χ3n) is 2.91. The van der Waals surface area contributed by atoms with Gasteiger partial charge in [0, 0.05) is 0 Å². The van der Waals surface area contributed by atoms with E-state index in [0.29, 0.717) is 0 Å². The summed E-state index contributed by atoms with van der Waals surface area (Å²) in [6.07, 6.45) is 7.34. The Morgan fingerprint density at radius 2 is 1.92 bits per heavy atom. The Morgan fingerprint density at radius 3 is 2.33 bits per heavy atom. The van der Waals surface area contributed by atoms with Gasteiger partial charge in [0.15, 0.2) is 0 Å². The molecule has 0 radical (unpaired) electrons. The summed E-state index contributed by atoms with van der Waals surface area (Å²) in [5.41, 5.74) is 0. The van der Waals surface area contributed by atoms with E-state index in [1.54, 1.807) is 0 Å². The first-order valence-electron chi connectivity index (χ1n) is 5.36. The lowest BCUT2D eigenvalue weighted by Crippen LogP contribution is -2.19. The molecular formula is C11H22O. The van der Waals surface area contributed by atoms with Crippen molar-refractivity contribution in [3.8, 4) is 0 Å². The molecule has 72 valence electrons. The van der Waals surface area contributed by atoms with Crippen molar-refractivity contribution in [2.75, 3.05) is 0 Å². The van der Waals surface area contributed by atoms with Gasteiger partial charge in [0.25, 0.3) is 0 Å². The number of aliphatic hydroxyl groups excluding tert-OH is 1. The van der Waals surface area contributed by atoms with E-state index >= 15 is 0 Å². The molecule has 1 aliphatic carbocycles.